The summed E-state index contributed by atoms with van der Waals surface area (Å²) in [7, 11) is 0. The van der Waals surface area contributed by atoms with Crippen LogP contribution in [0.1, 0.15) is 18.5 Å². The summed E-state index contributed by atoms with van der Waals surface area (Å²) in [4.78, 5) is 17.5. The summed E-state index contributed by atoms with van der Waals surface area (Å²) >= 11 is 0. The van der Waals surface area contributed by atoms with E-state index in [2.05, 4.69) is 16.9 Å². The smallest absolute Gasteiger partial charge is 0.338 e. The number of rotatable bonds is 4. The number of fused-ring (bicyclic) bond motifs is 3. The third-order valence-corrected chi connectivity index (χ3v) is 4.57. The van der Waals surface area contributed by atoms with Crippen molar-refractivity contribution >= 4 is 23.0 Å². The lowest BCUT2D eigenvalue weighted by atomic mass is 9.95. The SMILES string of the molecule is C=CCOC(=O)C1=C(C)Nc2nc3ccccc3n2C1c1cccc(O)c1. The molecule has 2 N–H and O–H groups in total. The van der Waals surface area contributed by atoms with Crippen molar-refractivity contribution in [2.75, 3.05) is 11.9 Å². The summed E-state index contributed by atoms with van der Waals surface area (Å²) in [6, 6.07) is 14.1. The van der Waals surface area contributed by atoms with E-state index in [4.69, 9.17) is 4.74 Å². The molecule has 27 heavy (non-hydrogen) atoms. The minimum Gasteiger partial charge on any atom is -0.508 e. The largest absolute Gasteiger partial charge is 0.508 e. The third-order valence-electron chi connectivity index (χ3n) is 4.57. The van der Waals surface area contributed by atoms with E-state index >= 15 is 0 Å². The summed E-state index contributed by atoms with van der Waals surface area (Å²) in [6.45, 7) is 5.54. The number of allylic oxidation sites excluding steroid dienone is 1. The number of phenolic OH excluding ortho intramolecular Hbond substituents is 1. The fourth-order valence-corrected chi connectivity index (χ4v) is 3.45. The summed E-state index contributed by atoms with van der Waals surface area (Å²) in [5.41, 5.74) is 3.61. The number of para-hydroxylation sites is 2. The average Bonchev–Trinajstić information content (AvgIpc) is 3.02. The topological polar surface area (TPSA) is 76.4 Å². The van der Waals surface area contributed by atoms with E-state index in [1.165, 1.54) is 6.08 Å². The van der Waals surface area contributed by atoms with Gasteiger partial charge in [-0.25, -0.2) is 9.78 Å². The molecule has 0 fully saturated rings. The van der Waals surface area contributed by atoms with Gasteiger partial charge in [0.2, 0.25) is 5.95 Å². The Morgan fingerprint density at radius 1 is 1.33 bits per heavy atom. The van der Waals surface area contributed by atoms with Crippen LogP contribution in [-0.2, 0) is 9.53 Å². The van der Waals surface area contributed by atoms with E-state index in [1.807, 2.05) is 41.8 Å². The van der Waals surface area contributed by atoms with Crippen molar-refractivity contribution in [1.29, 1.82) is 0 Å². The van der Waals surface area contributed by atoms with Gasteiger partial charge in [-0.2, -0.15) is 0 Å². The van der Waals surface area contributed by atoms with Crippen LogP contribution in [0.3, 0.4) is 0 Å². The molecule has 3 aromatic rings. The molecule has 0 spiro atoms. The highest BCUT2D eigenvalue weighted by Crippen LogP contribution is 2.40. The molecule has 0 saturated carbocycles. The predicted molar refractivity (Wildman–Crippen MR) is 103 cm³/mol. The standard InChI is InChI=1S/C21H19N3O3/c1-3-11-27-20(26)18-13(2)22-21-23-16-9-4-5-10-17(16)24(21)19(18)14-7-6-8-15(25)12-14/h3-10,12,19,25H,1,11H2,2H3,(H,22,23). The van der Waals surface area contributed by atoms with Crippen LogP contribution >= 0.6 is 0 Å². The second kappa shape index (κ2) is 6.64. The summed E-state index contributed by atoms with van der Waals surface area (Å²) in [5.74, 6) is 0.340. The molecule has 1 aliphatic rings. The fourth-order valence-electron chi connectivity index (χ4n) is 3.45. The normalized spacial score (nSPS) is 16.0. The van der Waals surface area contributed by atoms with E-state index in [0.29, 0.717) is 17.2 Å². The summed E-state index contributed by atoms with van der Waals surface area (Å²) in [6.07, 6.45) is 1.53. The van der Waals surface area contributed by atoms with Gasteiger partial charge < -0.3 is 15.2 Å². The highest BCUT2D eigenvalue weighted by Gasteiger charge is 2.35. The van der Waals surface area contributed by atoms with Crippen LogP contribution in [0.15, 0.2) is 72.5 Å². The molecule has 4 rings (SSSR count). The van der Waals surface area contributed by atoms with Crippen molar-refractivity contribution in [3.63, 3.8) is 0 Å². The number of phenols is 1. The Kier molecular flexibility index (Phi) is 4.16. The van der Waals surface area contributed by atoms with Crippen LogP contribution < -0.4 is 5.32 Å². The molecule has 1 aromatic heterocycles. The number of hydrogen-bond acceptors (Lipinski definition) is 5. The van der Waals surface area contributed by atoms with Gasteiger partial charge in [-0.3, -0.25) is 4.57 Å². The molecule has 1 aliphatic heterocycles. The van der Waals surface area contributed by atoms with Gasteiger partial charge in [0.15, 0.2) is 0 Å². The number of carbonyl (C=O) groups is 1. The molecule has 136 valence electrons. The third kappa shape index (κ3) is 2.85. The first-order chi connectivity index (χ1) is 13.1. The Balaban J connectivity index is 1.95. The summed E-state index contributed by atoms with van der Waals surface area (Å²) in [5, 5.41) is 13.2. The van der Waals surface area contributed by atoms with Crippen LogP contribution in [0, 0.1) is 0 Å². The maximum absolute atomic E-state index is 12.8. The molecule has 6 heteroatoms. The van der Waals surface area contributed by atoms with E-state index in [-0.39, 0.29) is 12.4 Å². The average molecular weight is 361 g/mol. The first kappa shape index (κ1) is 16.9. The first-order valence-electron chi connectivity index (χ1n) is 8.62. The number of carbonyl (C=O) groups excluding carboxylic acids is 1. The van der Waals surface area contributed by atoms with Gasteiger partial charge in [-0.15, -0.1) is 0 Å². The van der Waals surface area contributed by atoms with Gasteiger partial charge in [-0.05, 0) is 36.8 Å². The van der Waals surface area contributed by atoms with E-state index in [9.17, 15) is 9.90 Å². The molecule has 0 aliphatic carbocycles. The molecular formula is C21H19N3O3. The number of hydrogen-bond donors (Lipinski definition) is 2. The molecule has 1 unspecified atom stereocenters. The first-order valence-corrected chi connectivity index (χ1v) is 8.62. The number of nitrogens with zero attached hydrogens (tertiary/aromatic N) is 2. The monoisotopic (exact) mass is 361 g/mol. The number of esters is 1. The quantitative estimate of drug-likeness (QED) is 0.547. The zero-order valence-electron chi connectivity index (χ0n) is 14.8. The van der Waals surface area contributed by atoms with E-state index < -0.39 is 12.0 Å². The number of nitrogens with one attached hydrogen (secondary N) is 1. The van der Waals surface area contributed by atoms with Gasteiger partial charge in [0, 0.05) is 5.70 Å². The van der Waals surface area contributed by atoms with Crippen molar-refractivity contribution in [1.82, 2.24) is 9.55 Å². The van der Waals surface area contributed by atoms with Crippen molar-refractivity contribution in [3.05, 3.63) is 78.0 Å². The highest BCUT2D eigenvalue weighted by molar-refractivity contribution is 5.94. The van der Waals surface area contributed by atoms with Gasteiger partial charge in [0.05, 0.1) is 22.6 Å². The predicted octanol–water partition coefficient (Wildman–Crippen LogP) is 3.76. The van der Waals surface area contributed by atoms with E-state index in [1.54, 1.807) is 18.2 Å². The number of aromatic nitrogens is 2. The maximum Gasteiger partial charge on any atom is 0.338 e. The van der Waals surface area contributed by atoms with Crippen LogP contribution in [0.25, 0.3) is 11.0 Å². The van der Waals surface area contributed by atoms with E-state index in [0.717, 1.165) is 16.6 Å². The minimum atomic E-state index is -0.474. The van der Waals surface area contributed by atoms with Crippen LogP contribution in [0.5, 0.6) is 5.75 Å². The Hall–Kier alpha value is -3.54. The van der Waals surface area contributed by atoms with Crippen molar-refractivity contribution in [2.24, 2.45) is 0 Å². The van der Waals surface area contributed by atoms with Gasteiger partial charge in [-0.1, -0.05) is 36.9 Å². The number of benzene rings is 2. The molecule has 0 amide bonds. The fraction of sp³-hybridized carbons (Fsp3) is 0.143. The Morgan fingerprint density at radius 3 is 2.93 bits per heavy atom. The molecular weight excluding hydrogens is 342 g/mol. The number of ether oxygens (including phenoxy) is 1. The molecule has 2 heterocycles. The van der Waals surface area contributed by atoms with Crippen molar-refractivity contribution in [3.8, 4) is 5.75 Å². The zero-order valence-corrected chi connectivity index (χ0v) is 14.8. The Morgan fingerprint density at radius 2 is 2.15 bits per heavy atom. The minimum absolute atomic E-state index is 0.125. The van der Waals surface area contributed by atoms with Crippen molar-refractivity contribution in [2.45, 2.75) is 13.0 Å². The second-order valence-corrected chi connectivity index (χ2v) is 6.34. The lowest BCUT2D eigenvalue weighted by Crippen LogP contribution is -2.29. The van der Waals surface area contributed by atoms with Crippen LogP contribution in [0.2, 0.25) is 0 Å². The lowest BCUT2D eigenvalue weighted by molar-refractivity contribution is -0.138. The van der Waals surface area contributed by atoms with Crippen molar-refractivity contribution < 1.29 is 14.6 Å². The van der Waals surface area contributed by atoms with Crippen LogP contribution in [0.4, 0.5) is 5.95 Å². The summed E-state index contributed by atoms with van der Waals surface area (Å²) < 4.78 is 7.30. The number of imidazole rings is 1. The Bertz CT molecular complexity index is 1080. The molecule has 2 aromatic carbocycles. The Labute approximate surface area is 156 Å². The second-order valence-electron chi connectivity index (χ2n) is 6.34. The van der Waals surface area contributed by atoms with Crippen LogP contribution in [-0.4, -0.2) is 27.2 Å². The maximum atomic E-state index is 12.8. The highest BCUT2D eigenvalue weighted by atomic mass is 16.5. The molecule has 0 bridgehead atoms. The molecule has 0 saturated heterocycles. The molecule has 0 radical (unpaired) electrons. The van der Waals surface area contributed by atoms with Gasteiger partial charge >= 0.3 is 5.97 Å². The van der Waals surface area contributed by atoms with Gasteiger partial charge in [0.1, 0.15) is 12.4 Å². The van der Waals surface area contributed by atoms with Gasteiger partial charge in [0.25, 0.3) is 0 Å². The number of aromatic hydroxyl groups is 1. The number of anilines is 1. The molecule has 1 atom stereocenters. The lowest BCUT2D eigenvalue weighted by Gasteiger charge is -2.30. The molecule has 6 nitrogen and oxygen atoms in total. The zero-order chi connectivity index (χ0) is 19.0.